The van der Waals surface area contributed by atoms with Crippen molar-refractivity contribution in [1.29, 1.82) is 0 Å². The summed E-state index contributed by atoms with van der Waals surface area (Å²) in [7, 11) is 0. The molecule has 1 heterocycles. The lowest BCUT2D eigenvalue weighted by Crippen LogP contribution is -2.43. The first kappa shape index (κ1) is 11.6. The van der Waals surface area contributed by atoms with E-state index in [2.05, 4.69) is 31.2 Å². The predicted octanol–water partition coefficient (Wildman–Crippen LogP) is 1.22. The number of anilines is 1. The molecule has 1 aromatic heterocycles. The van der Waals surface area contributed by atoms with Gasteiger partial charge < -0.3 is 16.0 Å². The maximum Gasteiger partial charge on any atom is 0.267 e. The number of nitrogens with one attached hydrogen (secondary N) is 2. The molecule has 1 aromatic rings. The van der Waals surface area contributed by atoms with E-state index < -0.39 is 0 Å². The Morgan fingerprint density at radius 1 is 1.56 bits per heavy atom. The summed E-state index contributed by atoms with van der Waals surface area (Å²) in [6.45, 7) is 0.563. The molecule has 1 fully saturated rings. The van der Waals surface area contributed by atoms with Crippen LogP contribution in [0.25, 0.3) is 0 Å². The second-order valence-electron chi connectivity index (χ2n) is 4.21. The van der Waals surface area contributed by atoms with E-state index in [0.29, 0.717) is 16.8 Å². The highest BCUT2D eigenvalue weighted by Gasteiger charge is 2.33. The van der Waals surface area contributed by atoms with Crippen LogP contribution in [-0.4, -0.2) is 22.1 Å². The molecule has 0 aromatic carbocycles. The van der Waals surface area contributed by atoms with Crippen LogP contribution in [0.2, 0.25) is 0 Å². The number of hydrogen-bond acceptors (Lipinski definition) is 4. The van der Waals surface area contributed by atoms with Crippen molar-refractivity contribution >= 4 is 21.7 Å². The molecule has 0 saturated heterocycles. The quantitative estimate of drug-likeness (QED) is 0.780. The van der Waals surface area contributed by atoms with Crippen molar-refractivity contribution in [3.8, 4) is 0 Å². The van der Waals surface area contributed by atoms with E-state index >= 15 is 0 Å². The second-order valence-corrected chi connectivity index (χ2v) is 5.00. The largest absolute Gasteiger partial charge is 0.362 e. The van der Waals surface area contributed by atoms with E-state index in [1.807, 2.05) is 0 Å². The summed E-state index contributed by atoms with van der Waals surface area (Å²) < 4.78 is 0.440. The maximum absolute atomic E-state index is 11.4. The molecule has 0 radical (unpaired) electrons. The van der Waals surface area contributed by atoms with Crippen LogP contribution in [0.15, 0.2) is 15.6 Å². The van der Waals surface area contributed by atoms with Crippen LogP contribution in [0.4, 0.5) is 5.82 Å². The Labute approximate surface area is 102 Å². The molecule has 4 N–H and O–H groups in total. The Bertz CT molecular complexity index is 425. The number of aromatic nitrogens is 2. The molecule has 0 unspecified atom stereocenters. The fourth-order valence-electron chi connectivity index (χ4n) is 2.15. The first-order chi connectivity index (χ1) is 7.67. The van der Waals surface area contributed by atoms with Gasteiger partial charge in [0.15, 0.2) is 0 Å². The highest BCUT2D eigenvalue weighted by molar-refractivity contribution is 9.10. The first-order valence-corrected chi connectivity index (χ1v) is 6.18. The van der Waals surface area contributed by atoms with Gasteiger partial charge in [-0.1, -0.05) is 12.8 Å². The van der Waals surface area contributed by atoms with E-state index in [0.717, 1.165) is 12.8 Å². The molecule has 0 aliphatic heterocycles. The molecular weight excluding hydrogens is 272 g/mol. The molecule has 2 rings (SSSR count). The van der Waals surface area contributed by atoms with Crippen LogP contribution in [0, 0.1) is 0 Å². The van der Waals surface area contributed by atoms with E-state index in [4.69, 9.17) is 5.73 Å². The van der Waals surface area contributed by atoms with Crippen LogP contribution in [0.3, 0.4) is 0 Å². The molecule has 1 aliphatic rings. The van der Waals surface area contributed by atoms with Crippen molar-refractivity contribution in [3.63, 3.8) is 0 Å². The van der Waals surface area contributed by atoms with Gasteiger partial charge in [-0.3, -0.25) is 4.79 Å². The summed E-state index contributed by atoms with van der Waals surface area (Å²) in [4.78, 5) is 18.0. The van der Waals surface area contributed by atoms with Crippen molar-refractivity contribution in [1.82, 2.24) is 9.97 Å². The van der Waals surface area contributed by atoms with Crippen molar-refractivity contribution in [3.05, 3.63) is 21.2 Å². The molecule has 0 bridgehead atoms. The average molecular weight is 287 g/mol. The zero-order valence-electron chi connectivity index (χ0n) is 8.92. The molecule has 0 amide bonds. The van der Waals surface area contributed by atoms with Crippen LogP contribution >= 0.6 is 15.9 Å². The zero-order chi connectivity index (χ0) is 11.6. The van der Waals surface area contributed by atoms with Gasteiger partial charge in [-0.2, -0.15) is 0 Å². The Morgan fingerprint density at radius 2 is 2.25 bits per heavy atom. The number of H-pyrrole nitrogens is 1. The summed E-state index contributed by atoms with van der Waals surface area (Å²) in [5.74, 6) is 0.580. The van der Waals surface area contributed by atoms with Gasteiger partial charge in [0.1, 0.15) is 10.3 Å². The summed E-state index contributed by atoms with van der Waals surface area (Å²) in [5, 5.41) is 3.31. The molecule has 1 saturated carbocycles. The number of aromatic amines is 1. The van der Waals surface area contributed by atoms with Gasteiger partial charge in [-0.15, -0.1) is 0 Å². The molecule has 6 heteroatoms. The highest BCUT2D eigenvalue weighted by atomic mass is 79.9. The SMILES string of the molecule is NCC1(Nc2nc[nH]c(=O)c2Br)CCCC1. The lowest BCUT2D eigenvalue weighted by molar-refractivity contribution is 0.490. The first-order valence-electron chi connectivity index (χ1n) is 5.38. The van der Waals surface area contributed by atoms with Gasteiger partial charge in [0.25, 0.3) is 5.56 Å². The van der Waals surface area contributed by atoms with Crippen molar-refractivity contribution in [2.45, 2.75) is 31.2 Å². The number of halogens is 1. The molecule has 0 spiro atoms. The Hall–Kier alpha value is -0.880. The van der Waals surface area contributed by atoms with Crippen LogP contribution in [-0.2, 0) is 0 Å². The third-order valence-electron chi connectivity index (χ3n) is 3.13. The van der Waals surface area contributed by atoms with Crippen molar-refractivity contribution in [2.24, 2.45) is 5.73 Å². The van der Waals surface area contributed by atoms with Crippen molar-refractivity contribution in [2.75, 3.05) is 11.9 Å². The number of nitrogens with zero attached hydrogens (tertiary/aromatic N) is 1. The van der Waals surface area contributed by atoms with E-state index in [-0.39, 0.29) is 11.1 Å². The molecular formula is C10H15BrN4O. The highest BCUT2D eigenvalue weighted by Crippen LogP contribution is 2.32. The Morgan fingerprint density at radius 3 is 2.88 bits per heavy atom. The summed E-state index contributed by atoms with van der Waals surface area (Å²) >= 11 is 3.23. The van der Waals surface area contributed by atoms with E-state index in [9.17, 15) is 4.79 Å². The fraction of sp³-hybridized carbons (Fsp3) is 0.600. The lowest BCUT2D eigenvalue weighted by Gasteiger charge is -2.29. The Balaban J connectivity index is 2.26. The molecule has 88 valence electrons. The van der Waals surface area contributed by atoms with Gasteiger partial charge in [0.05, 0.1) is 11.9 Å². The average Bonchev–Trinajstić information content (AvgIpc) is 2.74. The third-order valence-corrected chi connectivity index (χ3v) is 3.87. The van der Waals surface area contributed by atoms with Crippen LogP contribution < -0.4 is 16.6 Å². The van der Waals surface area contributed by atoms with Gasteiger partial charge in [-0.05, 0) is 28.8 Å². The van der Waals surface area contributed by atoms with Crippen LogP contribution in [0.1, 0.15) is 25.7 Å². The predicted molar refractivity (Wildman–Crippen MR) is 66.4 cm³/mol. The normalized spacial score (nSPS) is 18.6. The number of rotatable bonds is 3. The van der Waals surface area contributed by atoms with E-state index in [1.165, 1.54) is 19.2 Å². The van der Waals surface area contributed by atoms with Gasteiger partial charge in [0.2, 0.25) is 0 Å². The van der Waals surface area contributed by atoms with Crippen LogP contribution in [0.5, 0.6) is 0 Å². The minimum absolute atomic E-state index is 0.0939. The van der Waals surface area contributed by atoms with Gasteiger partial charge in [-0.25, -0.2) is 4.98 Å². The standard InChI is InChI=1S/C10H15BrN4O/c11-7-8(13-6-14-9(7)16)15-10(5-12)3-1-2-4-10/h6H,1-5,12H2,(H2,13,14,15,16). The monoisotopic (exact) mass is 286 g/mol. The lowest BCUT2D eigenvalue weighted by atomic mass is 9.98. The van der Waals surface area contributed by atoms with E-state index in [1.54, 1.807) is 0 Å². The maximum atomic E-state index is 11.4. The van der Waals surface area contributed by atoms with Gasteiger partial charge >= 0.3 is 0 Å². The summed E-state index contributed by atoms with van der Waals surface area (Å²) in [6, 6.07) is 0. The fourth-order valence-corrected chi connectivity index (χ4v) is 2.47. The molecule has 1 aliphatic carbocycles. The minimum Gasteiger partial charge on any atom is -0.362 e. The van der Waals surface area contributed by atoms with Crippen molar-refractivity contribution < 1.29 is 0 Å². The number of nitrogens with two attached hydrogens (primary N) is 1. The smallest absolute Gasteiger partial charge is 0.267 e. The summed E-state index contributed by atoms with van der Waals surface area (Å²) in [6.07, 6.45) is 5.81. The molecule has 5 nitrogen and oxygen atoms in total. The molecule has 16 heavy (non-hydrogen) atoms. The summed E-state index contributed by atoms with van der Waals surface area (Å²) in [5.41, 5.74) is 5.54. The Kier molecular flexibility index (Phi) is 3.30. The zero-order valence-corrected chi connectivity index (χ0v) is 10.5. The number of hydrogen-bond donors (Lipinski definition) is 3. The molecule has 0 atom stereocenters. The van der Waals surface area contributed by atoms with Gasteiger partial charge in [0, 0.05) is 6.54 Å². The topological polar surface area (TPSA) is 83.8 Å². The minimum atomic E-state index is -0.178. The second kappa shape index (κ2) is 4.55. The third kappa shape index (κ3) is 2.12.